The third kappa shape index (κ3) is 2.34. The van der Waals surface area contributed by atoms with Crippen LogP contribution in [0.1, 0.15) is 32.2 Å². The summed E-state index contributed by atoms with van der Waals surface area (Å²) >= 11 is 1.64. The summed E-state index contributed by atoms with van der Waals surface area (Å²) in [6.45, 7) is 6.56. The van der Waals surface area contributed by atoms with Crippen LogP contribution in [0.15, 0.2) is 35.7 Å². The van der Waals surface area contributed by atoms with Crippen LogP contribution >= 0.6 is 11.3 Å². The Morgan fingerprint density at radius 3 is 2.57 bits per heavy atom. The van der Waals surface area contributed by atoms with E-state index in [0.717, 1.165) is 21.9 Å². The molecule has 3 rings (SSSR count). The Balaban J connectivity index is 2.30. The molecule has 0 atom stereocenters. The molecule has 0 aliphatic heterocycles. The number of hydrogen-bond donors (Lipinski definition) is 0. The molecule has 0 radical (unpaired) electrons. The van der Waals surface area contributed by atoms with Crippen LogP contribution in [-0.4, -0.2) is 9.38 Å². The van der Waals surface area contributed by atoms with Crippen LogP contribution in [-0.2, 0) is 11.8 Å². The molecule has 0 amide bonds. The lowest BCUT2D eigenvalue weighted by Crippen LogP contribution is -2.15. The van der Waals surface area contributed by atoms with Gasteiger partial charge in [0.1, 0.15) is 0 Å². The Hall–Kier alpha value is -2.12. The second-order valence-corrected chi connectivity index (χ2v) is 6.93. The Morgan fingerprint density at radius 1 is 1.24 bits per heavy atom. The average molecular weight is 295 g/mol. The smallest absolute Gasteiger partial charge is 0.194 e. The van der Waals surface area contributed by atoms with Crippen molar-refractivity contribution in [3.8, 4) is 17.3 Å². The van der Waals surface area contributed by atoms with Gasteiger partial charge in [0.15, 0.2) is 4.96 Å². The van der Waals surface area contributed by atoms with Gasteiger partial charge in [-0.05, 0) is 0 Å². The van der Waals surface area contributed by atoms with E-state index in [2.05, 4.69) is 36.6 Å². The first kappa shape index (κ1) is 13.8. The quantitative estimate of drug-likeness (QED) is 0.702. The van der Waals surface area contributed by atoms with Gasteiger partial charge in [0.2, 0.25) is 0 Å². The molecule has 0 saturated heterocycles. The first-order valence-electron chi connectivity index (χ1n) is 6.94. The monoisotopic (exact) mass is 295 g/mol. The molecule has 106 valence electrons. The maximum atomic E-state index is 9.21. The van der Waals surface area contributed by atoms with Crippen molar-refractivity contribution in [2.75, 3.05) is 0 Å². The third-order valence-electron chi connectivity index (χ3n) is 3.52. The summed E-state index contributed by atoms with van der Waals surface area (Å²) in [5.74, 6) is 0. The lowest BCUT2D eigenvalue weighted by Gasteiger charge is -2.18. The van der Waals surface area contributed by atoms with E-state index in [9.17, 15) is 5.26 Å². The summed E-state index contributed by atoms with van der Waals surface area (Å²) in [6.07, 6.45) is 0.366. The molecule has 3 nitrogen and oxygen atoms in total. The normalized spacial score (nSPS) is 11.7. The molecule has 0 spiro atoms. The largest absolute Gasteiger partial charge is 0.289 e. The maximum Gasteiger partial charge on any atom is 0.194 e. The van der Waals surface area contributed by atoms with Gasteiger partial charge in [0, 0.05) is 22.1 Å². The highest BCUT2D eigenvalue weighted by molar-refractivity contribution is 7.15. The van der Waals surface area contributed by atoms with Crippen LogP contribution in [0.2, 0.25) is 0 Å². The molecule has 0 aliphatic carbocycles. The van der Waals surface area contributed by atoms with Crippen molar-refractivity contribution in [2.45, 2.75) is 32.6 Å². The molecule has 0 bridgehead atoms. The first-order chi connectivity index (χ1) is 10.0. The van der Waals surface area contributed by atoms with E-state index in [1.807, 2.05) is 30.3 Å². The van der Waals surface area contributed by atoms with Crippen molar-refractivity contribution in [3.63, 3.8) is 0 Å². The summed E-state index contributed by atoms with van der Waals surface area (Å²) in [5, 5.41) is 11.4. The Labute approximate surface area is 128 Å². The van der Waals surface area contributed by atoms with Crippen molar-refractivity contribution in [1.29, 1.82) is 5.26 Å². The van der Waals surface area contributed by atoms with E-state index < -0.39 is 0 Å². The van der Waals surface area contributed by atoms with Gasteiger partial charge < -0.3 is 0 Å². The van der Waals surface area contributed by atoms with E-state index in [1.165, 1.54) is 5.69 Å². The SMILES string of the molecule is CC(C)(C)c1csc2nc(-c3ccccc3)c(CC#N)n12. The van der Waals surface area contributed by atoms with E-state index in [0.29, 0.717) is 6.42 Å². The highest BCUT2D eigenvalue weighted by Crippen LogP contribution is 2.33. The van der Waals surface area contributed by atoms with Crippen LogP contribution in [0.4, 0.5) is 0 Å². The second-order valence-electron chi connectivity index (χ2n) is 6.10. The van der Waals surface area contributed by atoms with Gasteiger partial charge in [0.05, 0.1) is 23.9 Å². The lowest BCUT2D eigenvalue weighted by molar-refractivity contribution is 0.562. The van der Waals surface area contributed by atoms with Gasteiger partial charge in [-0.15, -0.1) is 11.3 Å². The topological polar surface area (TPSA) is 41.1 Å². The van der Waals surface area contributed by atoms with Crippen LogP contribution < -0.4 is 0 Å². The molecule has 3 aromatic rings. The number of nitrogens with zero attached hydrogens (tertiary/aromatic N) is 3. The minimum atomic E-state index is 0.0249. The third-order valence-corrected chi connectivity index (χ3v) is 4.35. The fourth-order valence-corrected chi connectivity index (χ4v) is 3.63. The minimum absolute atomic E-state index is 0.0249. The molecular formula is C17H17N3S. The van der Waals surface area contributed by atoms with E-state index in [-0.39, 0.29) is 5.41 Å². The fraction of sp³-hybridized carbons (Fsp3) is 0.294. The molecule has 0 unspecified atom stereocenters. The summed E-state index contributed by atoms with van der Waals surface area (Å²) in [6, 6.07) is 12.4. The van der Waals surface area contributed by atoms with Gasteiger partial charge in [0.25, 0.3) is 0 Å². The van der Waals surface area contributed by atoms with Crippen LogP contribution in [0.3, 0.4) is 0 Å². The Morgan fingerprint density at radius 2 is 1.95 bits per heavy atom. The average Bonchev–Trinajstić information content (AvgIpc) is 3.00. The molecule has 0 saturated carbocycles. The number of nitriles is 1. The number of fused-ring (bicyclic) bond motifs is 1. The molecular weight excluding hydrogens is 278 g/mol. The predicted molar refractivity (Wildman–Crippen MR) is 86.5 cm³/mol. The fourth-order valence-electron chi connectivity index (χ4n) is 2.50. The number of thiazole rings is 1. The Bertz CT molecular complexity index is 813. The maximum absolute atomic E-state index is 9.21. The molecule has 2 heterocycles. The summed E-state index contributed by atoms with van der Waals surface area (Å²) in [5.41, 5.74) is 4.22. The summed E-state index contributed by atoms with van der Waals surface area (Å²) < 4.78 is 2.16. The molecule has 4 heteroatoms. The minimum Gasteiger partial charge on any atom is -0.289 e. The zero-order chi connectivity index (χ0) is 15.0. The Kier molecular flexibility index (Phi) is 3.30. The van der Waals surface area contributed by atoms with E-state index in [4.69, 9.17) is 4.98 Å². The molecule has 0 aliphatic rings. The van der Waals surface area contributed by atoms with Gasteiger partial charge in [-0.25, -0.2) is 4.98 Å². The number of aromatic nitrogens is 2. The zero-order valence-electron chi connectivity index (χ0n) is 12.4. The van der Waals surface area contributed by atoms with E-state index >= 15 is 0 Å². The number of rotatable bonds is 2. The molecule has 2 aromatic heterocycles. The highest BCUT2D eigenvalue weighted by atomic mass is 32.1. The lowest BCUT2D eigenvalue weighted by atomic mass is 9.93. The van der Waals surface area contributed by atoms with Gasteiger partial charge in [-0.3, -0.25) is 4.40 Å². The van der Waals surface area contributed by atoms with Crippen molar-refractivity contribution in [1.82, 2.24) is 9.38 Å². The number of hydrogen-bond acceptors (Lipinski definition) is 3. The van der Waals surface area contributed by atoms with Gasteiger partial charge >= 0.3 is 0 Å². The second kappa shape index (κ2) is 5.01. The predicted octanol–water partition coefficient (Wildman–Crippen LogP) is 4.43. The van der Waals surface area contributed by atoms with Crippen molar-refractivity contribution in [2.24, 2.45) is 0 Å². The molecule has 0 fully saturated rings. The zero-order valence-corrected chi connectivity index (χ0v) is 13.2. The van der Waals surface area contributed by atoms with Crippen molar-refractivity contribution >= 4 is 16.3 Å². The van der Waals surface area contributed by atoms with E-state index in [1.54, 1.807) is 11.3 Å². The van der Waals surface area contributed by atoms with Crippen LogP contribution in [0, 0.1) is 11.3 Å². The van der Waals surface area contributed by atoms with Crippen molar-refractivity contribution < 1.29 is 0 Å². The first-order valence-corrected chi connectivity index (χ1v) is 7.82. The van der Waals surface area contributed by atoms with Crippen LogP contribution in [0.5, 0.6) is 0 Å². The molecule has 21 heavy (non-hydrogen) atoms. The summed E-state index contributed by atoms with van der Waals surface area (Å²) in [4.78, 5) is 5.73. The van der Waals surface area contributed by atoms with Gasteiger partial charge in [-0.2, -0.15) is 5.26 Å². The van der Waals surface area contributed by atoms with Crippen LogP contribution in [0.25, 0.3) is 16.2 Å². The molecule has 0 N–H and O–H groups in total. The number of imidazole rings is 1. The van der Waals surface area contributed by atoms with Gasteiger partial charge in [-0.1, -0.05) is 51.1 Å². The highest BCUT2D eigenvalue weighted by Gasteiger charge is 2.24. The molecule has 1 aromatic carbocycles. The standard InChI is InChI=1S/C17H17N3S/c1-17(2,3)14-11-21-16-19-15(12-7-5-4-6-8-12)13(9-10-18)20(14)16/h4-8,11H,9H2,1-3H3. The number of benzene rings is 1. The van der Waals surface area contributed by atoms with Crippen molar-refractivity contribution in [3.05, 3.63) is 47.1 Å². The summed E-state index contributed by atoms with van der Waals surface area (Å²) in [7, 11) is 0.